The number of hydrogen-bond donors (Lipinski definition) is 2. The second-order valence-corrected chi connectivity index (χ2v) is 6.33. The molecule has 2 N–H and O–H groups in total. The van der Waals surface area contributed by atoms with Gasteiger partial charge in [0.2, 0.25) is 0 Å². The summed E-state index contributed by atoms with van der Waals surface area (Å²) in [4.78, 5) is 12.1. The highest BCUT2D eigenvalue weighted by molar-refractivity contribution is 5.74. The lowest BCUT2D eigenvalue weighted by atomic mass is 9.99. The molecule has 0 saturated heterocycles. The third kappa shape index (κ3) is 2.49. The molecule has 0 unspecified atom stereocenters. The molecule has 0 bridgehead atoms. The molecule has 1 saturated carbocycles. The van der Waals surface area contributed by atoms with E-state index in [0.717, 1.165) is 56.0 Å². The topological polar surface area (TPSA) is 59.6 Å². The van der Waals surface area contributed by atoms with Crippen LogP contribution in [-0.4, -0.2) is 25.3 Å². The summed E-state index contributed by atoms with van der Waals surface area (Å²) in [7, 11) is 0. The zero-order valence-electron chi connectivity index (χ0n) is 12.7. The summed E-state index contributed by atoms with van der Waals surface area (Å²) in [5.41, 5.74) is 3.50. The van der Waals surface area contributed by atoms with Crippen molar-refractivity contribution in [3.63, 3.8) is 0 Å². The van der Waals surface area contributed by atoms with Crippen LogP contribution in [0.4, 0.5) is 4.79 Å². The molecule has 4 rings (SSSR count). The van der Waals surface area contributed by atoms with Crippen molar-refractivity contribution in [2.75, 3.05) is 13.2 Å². The first-order valence-corrected chi connectivity index (χ1v) is 8.29. The lowest BCUT2D eigenvalue weighted by Gasteiger charge is -2.16. The Labute approximate surface area is 130 Å². The monoisotopic (exact) mass is 302 g/mol. The minimum Gasteiger partial charge on any atom is -0.493 e. The highest BCUT2D eigenvalue weighted by atomic mass is 16.5. The van der Waals surface area contributed by atoms with E-state index in [1.54, 1.807) is 0 Å². The third-order valence-corrected chi connectivity index (χ3v) is 4.88. The van der Waals surface area contributed by atoms with Gasteiger partial charge in [0.25, 0.3) is 0 Å². The Morgan fingerprint density at radius 1 is 1.18 bits per heavy atom. The largest absolute Gasteiger partial charge is 0.493 e. The van der Waals surface area contributed by atoms with Gasteiger partial charge in [-0.25, -0.2) is 4.79 Å². The fourth-order valence-corrected chi connectivity index (χ4v) is 3.75. The summed E-state index contributed by atoms with van der Waals surface area (Å²) < 4.78 is 11.5. The van der Waals surface area contributed by atoms with E-state index in [9.17, 15) is 4.79 Å². The molecule has 3 aliphatic rings. The molecule has 1 aromatic rings. The van der Waals surface area contributed by atoms with E-state index in [2.05, 4.69) is 16.7 Å². The third-order valence-electron chi connectivity index (χ3n) is 4.88. The van der Waals surface area contributed by atoms with Crippen LogP contribution in [0.5, 0.6) is 11.5 Å². The number of benzene rings is 1. The van der Waals surface area contributed by atoms with Gasteiger partial charge >= 0.3 is 6.03 Å². The van der Waals surface area contributed by atoms with Crippen molar-refractivity contribution >= 4 is 6.03 Å². The predicted molar refractivity (Wildman–Crippen MR) is 82.5 cm³/mol. The zero-order valence-corrected chi connectivity index (χ0v) is 12.7. The molecular formula is C17H22N2O3. The summed E-state index contributed by atoms with van der Waals surface area (Å²) in [5, 5.41) is 6.06. The summed E-state index contributed by atoms with van der Waals surface area (Å²) in [6.45, 7) is 1.95. The zero-order chi connectivity index (χ0) is 14.9. The molecule has 5 heteroatoms. The molecule has 5 nitrogen and oxygen atoms in total. The molecule has 2 aliphatic heterocycles. The molecule has 2 heterocycles. The van der Waals surface area contributed by atoms with E-state index in [1.165, 1.54) is 24.0 Å². The minimum atomic E-state index is -0.0739. The van der Waals surface area contributed by atoms with Gasteiger partial charge in [0.15, 0.2) is 0 Å². The maximum atomic E-state index is 12.1. The number of hydrogen-bond acceptors (Lipinski definition) is 3. The maximum Gasteiger partial charge on any atom is 0.315 e. The fraction of sp³-hybridized carbons (Fsp3) is 0.588. The molecule has 0 aromatic heterocycles. The lowest BCUT2D eigenvalue weighted by Crippen LogP contribution is -2.40. The molecule has 1 aromatic carbocycles. The summed E-state index contributed by atoms with van der Waals surface area (Å²) >= 11 is 0. The standard InChI is InChI=1S/C17H22N2O3/c20-17(19-12-3-1-2-4-12)18-10-14-13-6-8-21-15(13)9-11-5-7-22-16(11)14/h9,12H,1-8,10H2,(H2,18,19,20). The van der Waals surface area contributed by atoms with Crippen molar-refractivity contribution < 1.29 is 14.3 Å². The Morgan fingerprint density at radius 2 is 2.00 bits per heavy atom. The SMILES string of the molecule is O=C(NCc1c2c(cc3c1OCC3)OCC2)NC1CCCC1. The van der Waals surface area contributed by atoms with Gasteiger partial charge in [0.1, 0.15) is 11.5 Å². The number of ether oxygens (including phenoxy) is 2. The Hall–Kier alpha value is -1.91. The summed E-state index contributed by atoms with van der Waals surface area (Å²) in [6, 6.07) is 2.37. The number of carbonyl (C=O) groups is 1. The van der Waals surface area contributed by atoms with Gasteiger partial charge in [0, 0.05) is 42.1 Å². The second-order valence-electron chi connectivity index (χ2n) is 6.33. The van der Waals surface area contributed by atoms with E-state index in [0.29, 0.717) is 12.6 Å². The van der Waals surface area contributed by atoms with Gasteiger partial charge in [-0.05, 0) is 18.9 Å². The number of urea groups is 1. The van der Waals surface area contributed by atoms with E-state index < -0.39 is 0 Å². The maximum absolute atomic E-state index is 12.1. The summed E-state index contributed by atoms with van der Waals surface area (Å²) in [5.74, 6) is 1.93. The molecule has 0 spiro atoms. The molecule has 1 fully saturated rings. The van der Waals surface area contributed by atoms with Crippen LogP contribution < -0.4 is 20.1 Å². The van der Waals surface area contributed by atoms with Gasteiger partial charge in [0.05, 0.1) is 13.2 Å². The van der Waals surface area contributed by atoms with Gasteiger partial charge < -0.3 is 20.1 Å². The van der Waals surface area contributed by atoms with Crippen molar-refractivity contribution in [3.8, 4) is 11.5 Å². The molecule has 118 valence electrons. The summed E-state index contributed by atoms with van der Waals surface area (Å²) in [6.07, 6.45) is 6.45. The number of nitrogens with one attached hydrogen (secondary N) is 2. The van der Waals surface area contributed by atoms with Crippen LogP contribution >= 0.6 is 0 Å². The van der Waals surface area contributed by atoms with Crippen LogP contribution in [0.3, 0.4) is 0 Å². The van der Waals surface area contributed by atoms with E-state index in [1.807, 2.05) is 0 Å². The van der Waals surface area contributed by atoms with Crippen LogP contribution in [0.15, 0.2) is 6.07 Å². The van der Waals surface area contributed by atoms with Crippen LogP contribution in [0.1, 0.15) is 42.4 Å². The predicted octanol–water partition coefficient (Wildman–Crippen LogP) is 2.30. The molecule has 0 radical (unpaired) electrons. The molecule has 2 amide bonds. The first kappa shape index (κ1) is 13.7. The van der Waals surface area contributed by atoms with Crippen LogP contribution in [0, 0.1) is 0 Å². The van der Waals surface area contributed by atoms with E-state index in [-0.39, 0.29) is 6.03 Å². The fourth-order valence-electron chi connectivity index (χ4n) is 3.75. The van der Waals surface area contributed by atoms with Gasteiger partial charge in [-0.2, -0.15) is 0 Å². The number of fused-ring (bicyclic) bond motifs is 2. The van der Waals surface area contributed by atoms with E-state index in [4.69, 9.17) is 9.47 Å². The van der Waals surface area contributed by atoms with Gasteiger partial charge in [-0.15, -0.1) is 0 Å². The van der Waals surface area contributed by atoms with Crippen molar-refractivity contribution in [1.29, 1.82) is 0 Å². The molecule has 1 aliphatic carbocycles. The van der Waals surface area contributed by atoms with Crippen molar-refractivity contribution in [2.45, 2.75) is 51.1 Å². The Kier molecular flexibility index (Phi) is 3.56. The Morgan fingerprint density at radius 3 is 2.86 bits per heavy atom. The first-order chi connectivity index (χ1) is 10.8. The molecular weight excluding hydrogens is 280 g/mol. The average molecular weight is 302 g/mol. The number of carbonyl (C=O) groups excluding carboxylic acids is 1. The highest BCUT2D eigenvalue weighted by Crippen LogP contribution is 2.40. The Balaban J connectivity index is 1.47. The highest BCUT2D eigenvalue weighted by Gasteiger charge is 2.26. The second kappa shape index (κ2) is 5.71. The van der Waals surface area contributed by atoms with Crippen LogP contribution in [0.25, 0.3) is 0 Å². The smallest absolute Gasteiger partial charge is 0.315 e. The van der Waals surface area contributed by atoms with Crippen LogP contribution in [0.2, 0.25) is 0 Å². The van der Waals surface area contributed by atoms with Crippen molar-refractivity contribution in [2.24, 2.45) is 0 Å². The quantitative estimate of drug-likeness (QED) is 0.900. The van der Waals surface area contributed by atoms with Gasteiger partial charge in [-0.1, -0.05) is 12.8 Å². The molecule has 0 atom stereocenters. The average Bonchev–Trinajstić information content (AvgIpc) is 3.23. The first-order valence-electron chi connectivity index (χ1n) is 8.29. The number of amides is 2. The minimum absolute atomic E-state index is 0.0739. The van der Waals surface area contributed by atoms with Gasteiger partial charge in [-0.3, -0.25) is 0 Å². The molecule has 22 heavy (non-hydrogen) atoms. The lowest BCUT2D eigenvalue weighted by molar-refractivity contribution is 0.236. The van der Waals surface area contributed by atoms with Crippen molar-refractivity contribution in [1.82, 2.24) is 10.6 Å². The Bertz CT molecular complexity index is 562. The van der Waals surface area contributed by atoms with Crippen molar-refractivity contribution in [3.05, 3.63) is 22.8 Å². The number of rotatable bonds is 3. The van der Waals surface area contributed by atoms with E-state index >= 15 is 0 Å². The normalized spacial score (nSPS) is 19.3. The van der Waals surface area contributed by atoms with Crippen LogP contribution in [-0.2, 0) is 19.4 Å².